The van der Waals surface area contributed by atoms with Crippen molar-refractivity contribution in [2.24, 2.45) is 0 Å². The third kappa shape index (κ3) is 1.84. The fourth-order valence-corrected chi connectivity index (χ4v) is 2.70. The molecule has 1 N–H and O–H groups in total. The van der Waals surface area contributed by atoms with Crippen molar-refractivity contribution >= 4 is 11.9 Å². The molecule has 2 heterocycles. The van der Waals surface area contributed by atoms with Crippen LogP contribution in [-0.2, 0) is 14.3 Å². The third-order valence-electron chi connectivity index (χ3n) is 3.49. The largest absolute Gasteiger partial charge is 0.464 e. The van der Waals surface area contributed by atoms with E-state index in [4.69, 9.17) is 9.84 Å². The fraction of sp³-hybridized carbons (Fsp3) is 0.667. The van der Waals surface area contributed by atoms with Crippen LogP contribution in [0.1, 0.15) is 26.2 Å². The number of hydrogen-bond donors (Lipinski definition) is 1. The Morgan fingerprint density at radius 2 is 2.41 bits per heavy atom. The van der Waals surface area contributed by atoms with E-state index in [0.29, 0.717) is 32.4 Å². The van der Waals surface area contributed by atoms with Crippen LogP contribution in [0.25, 0.3) is 0 Å². The molecule has 2 saturated heterocycles. The van der Waals surface area contributed by atoms with Gasteiger partial charge in [-0.25, -0.2) is 4.79 Å². The van der Waals surface area contributed by atoms with Crippen molar-refractivity contribution in [3.05, 3.63) is 11.6 Å². The van der Waals surface area contributed by atoms with E-state index in [1.807, 2.05) is 0 Å². The molecule has 0 bridgehead atoms. The zero-order valence-electron chi connectivity index (χ0n) is 9.94. The second-order valence-corrected chi connectivity index (χ2v) is 4.45. The first-order valence-electron chi connectivity index (χ1n) is 5.90. The van der Waals surface area contributed by atoms with Crippen LogP contribution in [0, 0.1) is 0 Å². The Morgan fingerprint density at radius 1 is 1.65 bits per heavy atom. The van der Waals surface area contributed by atoms with Crippen molar-refractivity contribution in [1.82, 2.24) is 4.90 Å². The van der Waals surface area contributed by atoms with Crippen molar-refractivity contribution in [2.45, 2.75) is 31.7 Å². The molecule has 0 radical (unpaired) electrons. The molecule has 0 unspecified atom stereocenters. The van der Waals surface area contributed by atoms with Crippen molar-refractivity contribution < 1.29 is 19.4 Å². The van der Waals surface area contributed by atoms with Crippen molar-refractivity contribution in [1.29, 1.82) is 0 Å². The highest BCUT2D eigenvalue weighted by Gasteiger charge is 2.56. The number of rotatable bonds is 3. The Morgan fingerprint density at radius 3 is 3.06 bits per heavy atom. The van der Waals surface area contributed by atoms with Gasteiger partial charge in [0.25, 0.3) is 0 Å². The molecule has 0 aromatic heterocycles. The minimum absolute atomic E-state index is 0.000562. The second-order valence-electron chi connectivity index (χ2n) is 4.45. The van der Waals surface area contributed by atoms with Gasteiger partial charge in [-0.15, -0.1) is 0 Å². The van der Waals surface area contributed by atoms with Crippen molar-refractivity contribution in [2.75, 3.05) is 19.8 Å². The van der Waals surface area contributed by atoms with Crippen LogP contribution in [-0.4, -0.2) is 47.2 Å². The Hall–Kier alpha value is -1.36. The summed E-state index contributed by atoms with van der Waals surface area (Å²) in [5, 5.41) is 8.89. The maximum absolute atomic E-state index is 12.0. The Balaban J connectivity index is 2.26. The molecule has 2 aliphatic rings. The van der Waals surface area contributed by atoms with Gasteiger partial charge >= 0.3 is 5.97 Å². The maximum atomic E-state index is 12.0. The lowest BCUT2D eigenvalue weighted by Crippen LogP contribution is -2.48. The number of fused-ring (bicyclic) bond motifs is 1. The molecule has 1 atom stereocenters. The van der Waals surface area contributed by atoms with Crippen LogP contribution in [0.4, 0.5) is 0 Å². The minimum atomic E-state index is -0.798. The lowest BCUT2D eigenvalue weighted by molar-refractivity contribution is -0.157. The van der Waals surface area contributed by atoms with Gasteiger partial charge in [0.2, 0.25) is 5.91 Å². The van der Waals surface area contributed by atoms with Crippen molar-refractivity contribution in [3.8, 4) is 0 Å². The fourth-order valence-electron chi connectivity index (χ4n) is 2.70. The van der Waals surface area contributed by atoms with Gasteiger partial charge in [-0.3, -0.25) is 4.79 Å². The molecular formula is C12H17NO4. The minimum Gasteiger partial charge on any atom is -0.464 e. The van der Waals surface area contributed by atoms with Gasteiger partial charge in [0.05, 0.1) is 13.2 Å². The first kappa shape index (κ1) is 12.1. The van der Waals surface area contributed by atoms with Gasteiger partial charge in [0.1, 0.15) is 5.54 Å². The first-order chi connectivity index (χ1) is 8.14. The zero-order chi connectivity index (χ0) is 12.5. The van der Waals surface area contributed by atoms with Crippen LogP contribution < -0.4 is 0 Å². The second kappa shape index (κ2) is 4.49. The topological polar surface area (TPSA) is 66.8 Å². The standard InChI is InChI=1S/C12H17NO4/c1-2-17-11(16)12-5-3-10(15)13(12)8-9(7-12)4-6-14/h4,14H,2-3,5-8H2,1H3/b9-4-/t12-/m0/s1. The normalized spacial score (nSPS) is 29.9. The average Bonchev–Trinajstić information content (AvgIpc) is 2.79. The van der Waals surface area contributed by atoms with E-state index < -0.39 is 5.54 Å². The first-order valence-corrected chi connectivity index (χ1v) is 5.90. The molecule has 2 fully saturated rings. The highest BCUT2D eigenvalue weighted by atomic mass is 16.5. The number of esters is 1. The molecular weight excluding hydrogens is 222 g/mol. The molecule has 0 saturated carbocycles. The van der Waals surface area contributed by atoms with Gasteiger partial charge in [-0.05, 0) is 18.9 Å². The van der Waals surface area contributed by atoms with Crippen molar-refractivity contribution in [3.63, 3.8) is 0 Å². The number of hydrogen-bond acceptors (Lipinski definition) is 4. The number of amides is 1. The Labute approximate surface area is 100 Å². The number of nitrogens with zero attached hydrogens (tertiary/aromatic N) is 1. The Bertz CT molecular complexity index is 377. The average molecular weight is 239 g/mol. The highest BCUT2D eigenvalue weighted by molar-refractivity contribution is 5.93. The molecule has 1 amide bonds. The number of ether oxygens (including phenoxy) is 1. The lowest BCUT2D eigenvalue weighted by atomic mass is 9.92. The van der Waals surface area contributed by atoms with E-state index in [9.17, 15) is 9.59 Å². The molecule has 0 spiro atoms. The van der Waals surface area contributed by atoms with E-state index >= 15 is 0 Å². The summed E-state index contributed by atoms with van der Waals surface area (Å²) in [7, 11) is 0. The van der Waals surface area contributed by atoms with Crippen LogP contribution in [0.15, 0.2) is 11.6 Å². The summed E-state index contributed by atoms with van der Waals surface area (Å²) >= 11 is 0. The van der Waals surface area contributed by atoms with E-state index in [-0.39, 0.29) is 18.5 Å². The van der Waals surface area contributed by atoms with Crippen LogP contribution in [0.3, 0.4) is 0 Å². The van der Waals surface area contributed by atoms with Gasteiger partial charge < -0.3 is 14.7 Å². The Kier molecular flexibility index (Phi) is 3.19. The summed E-state index contributed by atoms with van der Waals surface area (Å²) in [6, 6.07) is 0. The summed E-state index contributed by atoms with van der Waals surface area (Å²) in [6.07, 6.45) is 3.10. The molecule has 94 valence electrons. The van der Waals surface area contributed by atoms with Crippen LogP contribution in [0.5, 0.6) is 0 Å². The third-order valence-corrected chi connectivity index (χ3v) is 3.49. The summed E-state index contributed by atoms with van der Waals surface area (Å²) < 4.78 is 5.08. The highest BCUT2D eigenvalue weighted by Crippen LogP contribution is 2.42. The zero-order valence-corrected chi connectivity index (χ0v) is 9.94. The SMILES string of the molecule is CCOC(=O)[C@@]12CCC(=O)N1C/C(=C\CO)C2. The van der Waals surface area contributed by atoms with E-state index in [2.05, 4.69) is 0 Å². The molecule has 0 aliphatic carbocycles. The number of aliphatic hydroxyl groups is 1. The maximum Gasteiger partial charge on any atom is 0.332 e. The molecule has 0 aromatic rings. The van der Waals surface area contributed by atoms with E-state index in [1.54, 1.807) is 17.9 Å². The summed E-state index contributed by atoms with van der Waals surface area (Å²) in [4.78, 5) is 25.4. The molecule has 0 aromatic carbocycles. The van der Waals surface area contributed by atoms with Gasteiger partial charge in [0, 0.05) is 19.4 Å². The van der Waals surface area contributed by atoms with Gasteiger partial charge in [-0.2, -0.15) is 0 Å². The van der Waals surface area contributed by atoms with Crippen LogP contribution >= 0.6 is 0 Å². The predicted octanol–water partition coefficient (Wildman–Crippen LogP) is 0.233. The lowest BCUT2D eigenvalue weighted by Gasteiger charge is -2.28. The molecule has 5 heteroatoms. The van der Waals surface area contributed by atoms with Crippen LogP contribution in [0.2, 0.25) is 0 Å². The smallest absolute Gasteiger partial charge is 0.332 e. The van der Waals surface area contributed by atoms with Gasteiger partial charge in [0.15, 0.2) is 0 Å². The molecule has 5 nitrogen and oxygen atoms in total. The molecule has 2 aliphatic heterocycles. The van der Waals surface area contributed by atoms with Gasteiger partial charge in [-0.1, -0.05) is 6.08 Å². The number of carbonyl (C=O) groups is 2. The molecule has 2 rings (SSSR count). The summed E-state index contributed by atoms with van der Waals surface area (Å²) in [5.41, 5.74) is 0.141. The number of carbonyl (C=O) groups excluding carboxylic acids is 2. The van der Waals surface area contributed by atoms with E-state index in [1.165, 1.54) is 0 Å². The summed E-state index contributed by atoms with van der Waals surface area (Å²) in [6.45, 7) is 2.46. The molecule has 17 heavy (non-hydrogen) atoms. The quantitative estimate of drug-likeness (QED) is 0.565. The number of aliphatic hydroxyl groups excluding tert-OH is 1. The van der Waals surface area contributed by atoms with E-state index in [0.717, 1.165) is 5.57 Å². The predicted molar refractivity (Wildman–Crippen MR) is 60.1 cm³/mol. The summed E-state index contributed by atoms with van der Waals surface area (Å²) in [5.74, 6) is -0.313. The monoisotopic (exact) mass is 239 g/mol.